The molecule has 0 saturated carbocycles. The van der Waals surface area contributed by atoms with Crippen LogP contribution in [0.3, 0.4) is 0 Å². The van der Waals surface area contributed by atoms with Crippen LogP contribution in [0, 0.1) is 0 Å². The molecular weight excluding hydrogens is 348 g/mol. The second-order valence-electron chi connectivity index (χ2n) is 6.37. The summed E-state index contributed by atoms with van der Waals surface area (Å²) in [6.07, 6.45) is 1.20. The Balaban J connectivity index is 2.46. The molecule has 142 valence electrons. The molecule has 0 aliphatic heterocycles. The lowest BCUT2D eigenvalue weighted by Crippen LogP contribution is -2.08. The lowest BCUT2D eigenvalue weighted by molar-refractivity contribution is 0.352. The second kappa shape index (κ2) is 7.23. The van der Waals surface area contributed by atoms with Gasteiger partial charge in [0.25, 0.3) is 0 Å². The van der Waals surface area contributed by atoms with Gasteiger partial charge in [-0.15, -0.1) is 6.58 Å². The number of benzene rings is 2. The van der Waals surface area contributed by atoms with Gasteiger partial charge in [-0.25, -0.2) is 0 Å². The normalized spacial score (nSPS) is 11.0. The van der Waals surface area contributed by atoms with Gasteiger partial charge >= 0.3 is 0 Å². The Bertz CT molecular complexity index is 1090. The number of hydrogen-bond acceptors (Lipinski definition) is 6. The Labute approximate surface area is 156 Å². The van der Waals surface area contributed by atoms with Crippen molar-refractivity contribution in [2.75, 3.05) is 21.3 Å². The van der Waals surface area contributed by atoms with Gasteiger partial charge < -0.3 is 23.7 Å². The van der Waals surface area contributed by atoms with Crippen LogP contribution in [-0.2, 0) is 6.42 Å². The lowest BCUT2D eigenvalue weighted by atomic mass is 9.98. The third-order valence-electron chi connectivity index (χ3n) is 4.50. The Morgan fingerprint density at radius 1 is 1.07 bits per heavy atom. The molecule has 1 aromatic heterocycles. The molecule has 6 heteroatoms. The molecule has 0 saturated heterocycles. The lowest BCUT2D eigenvalue weighted by Gasteiger charge is -2.16. The number of fused-ring (bicyclic) bond motifs is 2. The first kappa shape index (κ1) is 18.6. The van der Waals surface area contributed by atoms with Crippen molar-refractivity contribution in [3.63, 3.8) is 0 Å². The van der Waals surface area contributed by atoms with E-state index in [0.29, 0.717) is 46.6 Å². The van der Waals surface area contributed by atoms with Crippen molar-refractivity contribution >= 4 is 21.9 Å². The fraction of sp³-hybridized carbons (Fsp3) is 0.286. The summed E-state index contributed by atoms with van der Waals surface area (Å²) in [7, 11) is 4.53. The smallest absolute Gasteiger partial charge is 0.204 e. The number of ether oxygens (including phenoxy) is 3. The minimum Gasteiger partial charge on any atom is -0.507 e. The summed E-state index contributed by atoms with van der Waals surface area (Å²) in [6, 6.07) is 4.58. The van der Waals surface area contributed by atoms with E-state index >= 15 is 0 Å². The molecule has 0 aliphatic rings. The van der Waals surface area contributed by atoms with Crippen LogP contribution in [0.15, 0.2) is 39.6 Å². The third kappa shape index (κ3) is 3.18. The third-order valence-corrected chi connectivity index (χ3v) is 4.50. The van der Waals surface area contributed by atoms with Crippen molar-refractivity contribution in [3.05, 3.63) is 46.1 Å². The highest BCUT2D eigenvalue weighted by molar-refractivity contribution is 5.97. The zero-order valence-electron chi connectivity index (χ0n) is 15.8. The molecule has 0 atom stereocenters. The fourth-order valence-corrected chi connectivity index (χ4v) is 3.20. The summed E-state index contributed by atoms with van der Waals surface area (Å²) < 4.78 is 22.0. The Kier molecular flexibility index (Phi) is 4.99. The van der Waals surface area contributed by atoms with E-state index in [2.05, 4.69) is 6.58 Å². The Morgan fingerprint density at radius 3 is 2.37 bits per heavy atom. The van der Waals surface area contributed by atoms with E-state index in [9.17, 15) is 9.90 Å². The molecule has 3 aromatic rings. The molecule has 0 fully saturated rings. The number of aryl methyl sites for hydroxylation is 1. The summed E-state index contributed by atoms with van der Waals surface area (Å²) in [5.74, 6) is 1.15. The molecule has 27 heavy (non-hydrogen) atoms. The number of rotatable bonds is 6. The SMILES string of the molecule is C=C(C)CCc1c(OC)c(OC)cc2oc3cc(OC)cc(O)c3c(=O)c12. The van der Waals surface area contributed by atoms with Gasteiger partial charge in [0.15, 0.2) is 11.5 Å². The van der Waals surface area contributed by atoms with Gasteiger partial charge in [0.2, 0.25) is 5.43 Å². The summed E-state index contributed by atoms with van der Waals surface area (Å²) in [5, 5.41) is 10.8. The minimum absolute atomic E-state index is 0.104. The zero-order valence-corrected chi connectivity index (χ0v) is 15.8. The summed E-state index contributed by atoms with van der Waals surface area (Å²) >= 11 is 0. The summed E-state index contributed by atoms with van der Waals surface area (Å²) in [6.45, 7) is 5.85. The van der Waals surface area contributed by atoms with Crippen molar-refractivity contribution in [1.29, 1.82) is 0 Å². The van der Waals surface area contributed by atoms with Crippen LogP contribution in [0.25, 0.3) is 21.9 Å². The van der Waals surface area contributed by atoms with E-state index in [4.69, 9.17) is 18.6 Å². The van der Waals surface area contributed by atoms with E-state index in [1.165, 1.54) is 27.4 Å². The van der Waals surface area contributed by atoms with Crippen molar-refractivity contribution in [1.82, 2.24) is 0 Å². The number of aromatic hydroxyl groups is 1. The minimum atomic E-state index is -0.330. The van der Waals surface area contributed by atoms with Crippen LogP contribution < -0.4 is 19.6 Å². The number of hydrogen-bond donors (Lipinski definition) is 1. The van der Waals surface area contributed by atoms with Gasteiger partial charge in [0.1, 0.15) is 28.1 Å². The maximum absolute atomic E-state index is 13.3. The van der Waals surface area contributed by atoms with Gasteiger partial charge in [-0.2, -0.15) is 0 Å². The number of allylic oxidation sites excluding steroid dienone is 1. The van der Waals surface area contributed by atoms with Crippen molar-refractivity contribution in [2.45, 2.75) is 19.8 Å². The zero-order chi connectivity index (χ0) is 19.7. The Morgan fingerprint density at radius 2 is 1.78 bits per heavy atom. The number of methoxy groups -OCH3 is 3. The van der Waals surface area contributed by atoms with Crippen molar-refractivity contribution < 1.29 is 23.7 Å². The largest absolute Gasteiger partial charge is 0.507 e. The predicted molar refractivity (Wildman–Crippen MR) is 104 cm³/mol. The molecule has 0 bridgehead atoms. The maximum atomic E-state index is 13.3. The molecule has 1 N–H and O–H groups in total. The van der Waals surface area contributed by atoms with Gasteiger partial charge in [0.05, 0.1) is 26.7 Å². The van der Waals surface area contributed by atoms with Gasteiger partial charge in [-0.3, -0.25) is 4.79 Å². The van der Waals surface area contributed by atoms with Crippen molar-refractivity contribution in [2.24, 2.45) is 0 Å². The molecular formula is C21H22O6. The first-order valence-corrected chi connectivity index (χ1v) is 8.47. The average molecular weight is 370 g/mol. The molecule has 2 aromatic carbocycles. The quantitative estimate of drug-likeness (QED) is 0.518. The topological polar surface area (TPSA) is 78.1 Å². The van der Waals surface area contributed by atoms with E-state index in [1.807, 2.05) is 6.92 Å². The molecule has 1 heterocycles. The fourth-order valence-electron chi connectivity index (χ4n) is 3.20. The van der Waals surface area contributed by atoms with E-state index < -0.39 is 0 Å². The Hall–Kier alpha value is -3.15. The molecule has 0 unspecified atom stereocenters. The van der Waals surface area contributed by atoms with E-state index in [-0.39, 0.29) is 22.1 Å². The monoisotopic (exact) mass is 370 g/mol. The molecule has 3 rings (SSSR count). The summed E-state index contributed by atoms with van der Waals surface area (Å²) in [4.78, 5) is 13.3. The molecule has 0 aliphatic carbocycles. The molecule has 6 nitrogen and oxygen atoms in total. The van der Waals surface area contributed by atoms with Crippen LogP contribution in [0.1, 0.15) is 18.9 Å². The predicted octanol–water partition coefficient (Wildman–Crippen LogP) is 4.19. The maximum Gasteiger partial charge on any atom is 0.204 e. The summed E-state index contributed by atoms with van der Waals surface area (Å²) in [5.41, 5.74) is 1.91. The standard InChI is InChI=1S/C21H22O6/c1-11(2)6-7-13-18-16(10-17(25-4)21(13)26-5)27-15-9-12(24-3)8-14(22)19(15)20(18)23/h8-10,22H,1,6-7H2,2-5H3. The average Bonchev–Trinajstić information content (AvgIpc) is 2.64. The van der Waals surface area contributed by atoms with Crippen LogP contribution in [-0.4, -0.2) is 26.4 Å². The van der Waals surface area contributed by atoms with Gasteiger partial charge in [-0.1, -0.05) is 5.57 Å². The highest BCUT2D eigenvalue weighted by Crippen LogP contribution is 2.39. The van der Waals surface area contributed by atoms with E-state index in [0.717, 1.165) is 5.57 Å². The second-order valence-corrected chi connectivity index (χ2v) is 6.37. The molecule has 0 radical (unpaired) electrons. The molecule has 0 spiro atoms. The number of phenols is 1. The van der Waals surface area contributed by atoms with E-state index in [1.54, 1.807) is 12.1 Å². The van der Waals surface area contributed by atoms with Crippen LogP contribution in [0.5, 0.6) is 23.0 Å². The van der Waals surface area contributed by atoms with Gasteiger partial charge in [0, 0.05) is 23.8 Å². The number of phenolic OH excluding ortho intramolecular Hbond substituents is 1. The molecule has 0 amide bonds. The first-order valence-electron chi connectivity index (χ1n) is 8.47. The van der Waals surface area contributed by atoms with Crippen LogP contribution in [0.2, 0.25) is 0 Å². The highest BCUT2D eigenvalue weighted by atomic mass is 16.5. The first-order chi connectivity index (χ1) is 12.9. The van der Waals surface area contributed by atoms with Crippen LogP contribution in [0.4, 0.5) is 0 Å². The van der Waals surface area contributed by atoms with Crippen LogP contribution >= 0.6 is 0 Å². The van der Waals surface area contributed by atoms with Gasteiger partial charge in [-0.05, 0) is 19.8 Å². The highest BCUT2D eigenvalue weighted by Gasteiger charge is 2.22. The van der Waals surface area contributed by atoms with Crippen molar-refractivity contribution in [3.8, 4) is 23.0 Å².